The van der Waals surface area contributed by atoms with Gasteiger partial charge in [0.25, 0.3) is 0 Å². The monoisotopic (exact) mass is 480 g/mol. The van der Waals surface area contributed by atoms with Gasteiger partial charge in [0.15, 0.2) is 5.76 Å². The van der Waals surface area contributed by atoms with Crippen molar-refractivity contribution in [1.29, 1.82) is 0 Å². The molecule has 182 valence electrons. The molecule has 1 amide bonds. The van der Waals surface area contributed by atoms with Crippen molar-refractivity contribution in [1.82, 2.24) is 10.5 Å². The van der Waals surface area contributed by atoms with E-state index in [1.165, 1.54) is 5.56 Å². The lowest BCUT2D eigenvalue weighted by Gasteiger charge is -2.11. The highest BCUT2D eigenvalue weighted by Crippen LogP contribution is 2.48. The van der Waals surface area contributed by atoms with Crippen molar-refractivity contribution in [3.05, 3.63) is 101 Å². The summed E-state index contributed by atoms with van der Waals surface area (Å²) in [5.41, 5.74) is 5.72. The van der Waals surface area contributed by atoms with E-state index < -0.39 is 11.4 Å². The summed E-state index contributed by atoms with van der Waals surface area (Å²) in [6.07, 6.45) is 2.37. The lowest BCUT2D eigenvalue weighted by Crippen LogP contribution is -2.27. The maximum absolute atomic E-state index is 12.6. The van der Waals surface area contributed by atoms with Gasteiger partial charge in [0.05, 0.1) is 17.5 Å². The van der Waals surface area contributed by atoms with Crippen LogP contribution in [0, 0.1) is 6.92 Å². The first-order chi connectivity index (χ1) is 17.5. The Labute approximate surface area is 210 Å². The summed E-state index contributed by atoms with van der Waals surface area (Å²) in [5, 5.41) is 16.6. The Morgan fingerprint density at radius 3 is 2.14 bits per heavy atom. The van der Waals surface area contributed by atoms with Gasteiger partial charge in [-0.3, -0.25) is 9.59 Å². The fourth-order valence-corrected chi connectivity index (χ4v) is 4.58. The van der Waals surface area contributed by atoms with Gasteiger partial charge >= 0.3 is 5.97 Å². The van der Waals surface area contributed by atoms with Crippen LogP contribution < -0.4 is 5.32 Å². The largest absolute Gasteiger partial charge is 0.481 e. The van der Waals surface area contributed by atoms with Crippen LogP contribution in [0.1, 0.15) is 35.2 Å². The number of carbonyl (C=O) groups is 2. The minimum absolute atomic E-state index is 0.0648. The second-order valence-electron chi connectivity index (χ2n) is 9.38. The van der Waals surface area contributed by atoms with Crippen molar-refractivity contribution in [2.45, 2.75) is 38.0 Å². The van der Waals surface area contributed by atoms with Gasteiger partial charge in [-0.15, -0.1) is 0 Å². The first kappa shape index (κ1) is 23.5. The molecule has 0 spiro atoms. The Morgan fingerprint density at radius 2 is 1.53 bits per heavy atom. The number of hydrogen-bond donors (Lipinski definition) is 2. The third-order valence-electron chi connectivity index (χ3n) is 6.98. The summed E-state index contributed by atoms with van der Waals surface area (Å²) >= 11 is 0. The molecule has 36 heavy (non-hydrogen) atoms. The highest BCUT2D eigenvalue weighted by atomic mass is 16.5. The van der Waals surface area contributed by atoms with Gasteiger partial charge in [0.1, 0.15) is 0 Å². The molecular formula is C30H28N2O4. The molecule has 5 rings (SSSR count). The number of nitrogens with one attached hydrogen (secondary N) is 1. The summed E-state index contributed by atoms with van der Waals surface area (Å²) in [4.78, 5) is 24.2. The molecule has 6 heteroatoms. The maximum Gasteiger partial charge on any atom is 0.314 e. The quantitative estimate of drug-likeness (QED) is 0.338. The van der Waals surface area contributed by atoms with E-state index in [2.05, 4.69) is 10.5 Å². The molecule has 3 aromatic carbocycles. The molecule has 0 saturated heterocycles. The standard InChI is InChI=1S/C30H28N2O4/c1-20-26(19-27(33)31-18-15-21-5-3-2-4-6-21)28(36-32-20)24-9-7-22(8-10-24)23-11-13-25(14-12-23)30(16-17-30)29(34)35/h2-14H,15-19H2,1H3,(H,31,33)(H,34,35). The zero-order chi connectivity index (χ0) is 25.1. The van der Waals surface area contributed by atoms with E-state index in [9.17, 15) is 14.7 Å². The number of aromatic nitrogens is 1. The fourth-order valence-electron chi connectivity index (χ4n) is 4.58. The molecular weight excluding hydrogens is 452 g/mol. The van der Waals surface area contributed by atoms with Crippen LogP contribution in [0.5, 0.6) is 0 Å². The molecule has 0 radical (unpaired) electrons. The summed E-state index contributed by atoms with van der Waals surface area (Å²) in [7, 11) is 0. The molecule has 1 aromatic heterocycles. The number of carbonyl (C=O) groups excluding carboxylic acids is 1. The van der Waals surface area contributed by atoms with Gasteiger partial charge in [-0.25, -0.2) is 0 Å². The topological polar surface area (TPSA) is 92.4 Å². The van der Waals surface area contributed by atoms with Gasteiger partial charge in [0, 0.05) is 17.7 Å². The van der Waals surface area contributed by atoms with E-state index in [0.29, 0.717) is 30.8 Å². The SMILES string of the molecule is Cc1noc(-c2ccc(-c3ccc(C4(C(=O)O)CC4)cc3)cc2)c1CC(=O)NCCc1ccccc1. The van der Waals surface area contributed by atoms with E-state index >= 15 is 0 Å². The zero-order valence-electron chi connectivity index (χ0n) is 20.2. The van der Waals surface area contributed by atoms with Gasteiger partial charge in [-0.05, 0) is 48.4 Å². The smallest absolute Gasteiger partial charge is 0.314 e. The second-order valence-corrected chi connectivity index (χ2v) is 9.38. The first-order valence-electron chi connectivity index (χ1n) is 12.2. The van der Waals surface area contributed by atoms with Gasteiger partial charge in [-0.2, -0.15) is 0 Å². The molecule has 6 nitrogen and oxygen atoms in total. The van der Waals surface area contributed by atoms with Crippen molar-refractivity contribution in [2.75, 3.05) is 6.54 Å². The van der Waals surface area contributed by atoms with E-state index in [1.54, 1.807) is 0 Å². The third kappa shape index (κ3) is 4.80. The summed E-state index contributed by atoms with van der Waals surface area (Å²) in [5.74, 6) is -0.211. The summed E-state index contributed by atoms with van der Waals surface area (Å²) < 4.78 is 5.60. The van der Waals surface area contributed by atoms with Crippen LogP contribution in [0.15, 0.2) is 83.4 Å². The molecule has 0 atom stereocenters. The third-order valence-corrected chi connectivity index (χ3v) is 6.98. The van der Waals surface area contributed by atoms with E-state index in [0.717, 1.165) is 34.2 Å². The lowest BCUT2D eigenvalue weighted by molar-refractivity contribution is -0.140. The first-order valence-corrected chi connectivity index (χ1v) is 12.2. The number of aliphatic carboxylic acids is 1. The Morgan fingerprint density at radius 1 is 0.917 bits per heavy atom. The molecule has 1 aliphatic carbocycles. The molecule has 1 heterocycles. The van der Waals surface area contributed by atoms with Crippen molar-refractivity contribution >= 4 is 11.9 Å². The normalized spacial score (nSPS) is 13.8. The van der Waals surface area contributed by atoms with Crippen molar-refractivity contribution in [3.8, 4) is 22.5 Å². The van der Waals surface area contributed by atoms with Crippen LogP contribution in [0.4, 0.5) is 0 Å². The molecule has 2 N–H and O–H groups in total. The Kier molecular flexibility index (Phi) is 6.42. The molecule has 0 unspecified atom stereocenters. The molecule has 1 aliphatic rings. The van der Waals surface area contributed by atoms with Crippen LogP contribution in [-0.4, -0.2) is 28.7 Å². The molecule has 0 aliphatic heterocycles. The Bertz CT molecular complexity index is 1370. The van der Waals surface area contributed by atoms with E-state index in [-0.39, 0.29) is 12.3 Å². The minimum atomic E-state index is -0.748. The number of amides is 1. The Hall–Kier alpha value is -4.19. The molecule has 4 aromatic rings. The highest BCUT2D eigenvalue weighted by Gasteiger charge is 2.51. The maximum atomic E-state index is 12.6. The average Bonchev–Trinajstić information content (AvgIpc) is 3.64. The van der Waals surface area contributed by atoms with Gasteiger partial charge in [-0.1, -0.05) is 84.0 Å². The van der Waals surface area contributed by atoms with Crippen molar-refractivity contribution < 1.29 is 19.2 Å². The molecule has 0 bridgehead atoms. The highest BCUT2D eigenvalue weighted by molar-refractivity contribution is 5.85. The summed E-state index contributed by atoms with van der Waals surface area (Å²) in [6, 6.07) is 25.7. The number of hydrogen-bond acceptors (Lipinski definition) is 4. The minimum Gasteiger partial charge on any atom is -0.481 e. The van der Waals surface area contributed by atoms with Crippen LogP contribution in [-0.2, 0) is 27.8 Å². The van der Waals surface area contributed by atoms with Gasteiger partial charge < -0.3 is 14.9 Å². The number of rotatable bonds is 9. The molecule has 1 saturated carbocycles. The van der Waals surface area contributed by atoms with Gasteiger partial charge in [0.2, 0.25) is 5.91 Å². The predicted octanol–water partition coefficient (Wildman–Crippen LogP) is 5.33. The van der Waals surface area contributed by atoms with E-state index in [4.69, 9.17) is 4.52 Å². The van der Waals surface area contributed by atoms with E-state index in [1.807, 2.05) is 85.8 Å². The van der Waals surface area contributed by atoms with Crippen molar-refractivity contribution in [3.63, 3.8) is 0 Å². The Balaban J connectivity index is 1.25. The lowest BCUT2D eigenvalue weighted by atomic mass is 9.93. The molecule has 1 fully saturated rings. The second kappa shape index (κ2) is 9.82. The fraction of sp³-hybridized carbons (Fsp3) is 0.233. The number of nitrogens with zero attached hydrogens (tertiary/aromatic N) is 1. The predicted molar refractivity (Wildman–Crippen MR) is 138 cm³/mol. The van der Waals surface area contributed by atoms with Crippen LogP contribution in [0.25, 0.3) is 22.5 Å². The summed E-state index contributed by atoms with van der Waals surface area (Å²) in [6.45, 7) is 2.42. The number of carboxylic acid groups (broad SMARTS) is 1. The number of benzene rings is 3. The number of carboxylic acids is 1. The van der Waals surface area contributed by atoms with Crippen LogP contribution in [0.2, 0.25) is 0 Å². The number of aryl methyl sites for hydroxylation is 1. The average molecular weight is 481 g/mol. The zero-order valence-corrected chi connectivity index (χ0v) is 20.2. The van der Waals surface area contributed by atoms with Crippen LogP contribution >= 0.6 is 0 Å². The van der Waals surface area contributed by atoms with Crippen LogP contribution in [0.3, 0.4) is 0 Å². The van der Waals surface area contributed by atoms with Crippen molar-refractivity contribution in [2.24, 2.45) is 0 Å².